The summed E-state index contributed by atoms with van der Waals surface area (Å²) in [5, 5.41) is 7.32. The molecule has 2 aliphatic rings. The molecule has 1 aromatic heterocycles. The summed E-state index contributed by atoms with van der Waals surface area (Å²) in [7, 11) is 0. The van der Waals surface area contributed by atoms with E-state index in [-0.39, 0.29) is 12.1 Å². The monoisotopic (exact) mass is 318 g/mol. The van der Waals surface area contributed by atoms with Crippen molar-refractivity contribution in [2.24, 2.45) is 0 Å². The van der Waals surface area contributed by atoms with Crippen LogP contribution in [0.3, 0.4) is 0 Å². The summed E-state index contributed by atoms with van der Waals surface area (Å²) < 4.78 is 7.69. The Hall–Kier alpha value is -1.82. The average molecular weight is 318 g/mol. The molecule has 0 bridgehead atoms. The molecule has 0 saturated carbocycles. The van der Waals surface area contributed by atoms with Gasteiger partial charge >= 0.3 is 6.03 Å². The van der Waals surface area contributed by atoms with Crippen molar-refractivity contribution in [1.29, 1.82) is 0 Å². The van der Waals surface area contributed by atoms with Gasteiger partial charge in [0.05, 0.1) is 19.3 Å². The Morgan fingerprint density at radius 2 is 2.43 bits per heavy atom. The highest BCUT2D eigenvalue weighted by atomic mass is 16.5. The maximum absolute atomic E-state index is 12.3. The summed E-state index contributed by atoms with van der Waals surface area (Å²) in [6, 6.07) is 0.0137. The Labute approximate surface area is 137 Å². The van der Waals surface area contributed by atoms with Crippen molar-refractivity contribution in [3.05, 3.63) is 29.6 Å². The van der Waals surface area contributed by atoms with E-state index in [9.17, 15) is 4.79 Å². The number of rotatable bonds is 5. The average Bonchev–Trinajstić information content (AvgIpc) is 3.26. The molecule has 23 heavy (non-hydrogen) atoms. The minimum Gasteiger partial charge on any atom is -0.370 e. The molecule has 2 heterocycles. The lowest BCUT2D eigenvalue weighted by atomic mass is 10.1. The molecule has 1 saturated heterocycles. The number of nitrogens with one attached hydrogen (secondary N) is 1. The molecule has 6 nitrogen and oxygen atoms in total. The van der Waals surface area contributed by atoms with Crippen LogP contribution >= 0.6 is 0 Å². The maximum atomic E-state index is 12.3. The zero-order valence-electron chi connectivity index (χ0n) is 13.8. The molecule has 1 aliphatic heterocycles. The van der Waals surface area contributed by atoms with E-state index in [0.29, 0.717) is 19.7 Å². The van der Waals surface area contributed by atoms with Crippen LogP contribution in [0.1, 0.15) is 44.3 Å². The molecule has 3 rings (SSSR count). The topological polar surface area (TPSA) is 59.4 Å². The smallest absolute Gasteiger partial charge is 0.317 e. The Morgan fingerprint density at radius 3 is 3.17 bits per heavy atom. The molecule has 1 fully saturated rings. The first kappa shape index (κ1) is 16.1. The fourth-order valence-electron chi connectivity index (χ4n) is 3.16. The van der Waals surface area contributed by atoms with Crippen LogP contribution in [0.15, 0.2) is 24.0 Å². The van der Waals surface area contributed by atoms with Crippen LogP contribution < -0.4 is 5.32 Å². The number of ether oxygens (including phenoxy) is 1. The van der Waals surface area contributed by atoms with Crippen LogP contribution in [0.2, 0.25) is 0 Å². The minimum absolute atomic E-state index is 0.0137. The normalized spacial score (nSPS) is 21.3. The summed E-state index contributed by atoms with van der Waals surface area (Å²) >= 11 is 0. The van der Waals surface area contributed by atoms with Crippen molar-refractivity contribution in [3.63, 3.8) is 0 Å². The highest BCUT2D eigenvalue weighted by Gasteiger charge is 2.26. The maximum Gasteiger partial charge on any atom is 0.317 e. The Bertz CT molecular complexity index is 567. The minimum atomic E-state index is -0.0765. The van der Waals surface area contributed by atoms with Gasteiger partial charge in [-0.1, -0.05) is 11.6 Å². The van der Waals surface area contributed by atoms with Gasteiger partial charge in [0.25, 0.3) is 0 Å². The quantitative estimate of drug-likeness (QED) is 0.849. The van der Waals surface area contributed by atoms with Gasteiger partial charge in [-0.05, 0) is 32.6 Å². The second kappa shape index (κ2) is 7.64. The van der Waals surface area contributed by atoms with Gasteiger partial charge in [0.2, 0.25) is 0 Å². The van der Waals surface area contributed by atoms with Crippen LogP contribution in [0, 0.1) is 0 Å². The first-order chi connectivity index (χ1) is 11.3. The molecule has 1 N–H and O–H groups in total. The number of carbonyl (C=O) groups is 1. The van der Waals surface area contributed by atoms with Gasteiger partial charge in [-0.25, -0.2) is 4.79 Å². The Balaban J connectivity index is 1.48. The van der Waals surface area contributed by atoms with Gasteiger partial charge in [0, 0.05) is 31.4 Å². The number of carbonyl (C=O) groups excluding carboxylic acids is 1. The van der Waals surface area contributed by atoms with Crippen molar-refractivity contribution in [1.82, 2.24) is 20.0 Å². The fraction of sp³-hybridized carbons (Fsp3) is 0.647. The van der Waals surface area contributed by atoms with Gasteiger partial charge in [0.15, 0.2) is 0 Å². The van der Waals surface area contributed by atoms with E-state index in [1.54, 1.807) is 0 Å². The SMILES string of the molecule is CCn1cc([C@@H]2CN(C(=O)NCCC3=CCCC3)CCO2)cn1. The van der Waals surface area contributed by atoms with Gasteiger partial charge in [-0.2, -0.15) is 5.10 Å². The van der Waals surface area contributed by atoms with Crippen LogP contribution in [-0.4, -0.2) is 47.0 Å². The predicted molar refractivity (Wildman–Crippen MR) is 88.1 cm³/mol. The van der Waals surface area contributed by atoms with Gasteiger partial charge in [-0.15, -0.1) is 0 Å². The van der Waals surface area contributed by atoms with Crippen molar-refractivity contribution < 1.29 is 9.53 Å². The number of aromatic nitrogens is 2. The number of hydrogen-bond acceptors (Lipinski definition) is 3. The second-order valence-corrected chi connectivity index (χ2v) is 6.17. The first-order valence-corrected chi connectivity index (χ1v) is 8.61. The van der Waals surface area contributed by atoms with Gasteiger partial charge in [-0.3, -0.25) is 4.68 Å². The fourth-order valence-corrected chi connectivity index (χ4v) is 3.16. The number of urea groups is 1. The highest BCUT2D eigenvalue weighted by molar-refractivity contribution is 5.74. The van der Waals surface area contributed by atoms with Crippen LogP contribution in [0.5, 0.6) is 0 Å². The van der Waals surface area contributed by atoms with Gasteiger partial charge in [0.1, 0.15) is 6.10 Å². The molecule has 6 heteroatoms. The molecule has 0 aromatic carbocycles. The van der Waals surface area contributed by atoms with Crippen molar-refractivity contribution in [3.8, 4) is 0 Å². The second-order valence-electron chi connectivity index (χ2n) is 6.17. The molecule has 0 unspecified atom stereocenters. The third-order valence-corrected chi connectivity index (χ3v) is 4.56. The van der Waals surface area contributed by atoms with Crippen LogP contribution in [-0.2, 0) is 11.3 Å². The number of amides is 2. The van der Waals surface area contributed by atoms with E-state index in [1.165, 1.54) is 24.8 Å². The summed E-state index contributed by atoms with van der Waals surface area (Å²) in [5.41, 5.74) is 2.53. The highest BCUT2D eigenvalue weighted by Crippen LogP contribution is 2.22. The summed E-state index contributed by atoms with van der Waals surface area (Å²) in [4.78, 5) is 14.2. The Kier molecular flexibility index (Phi) is 5.33. The lowest BCUT2D eigenvalue weighted by molar-refractivity contribution is -0.0154. The molecular formula is C17H26N4O2. The lowest BCUT2D eigenvalue weighted by Crippen LogP contribution is -2.47. The zero-order valence-corrected chi connectivity index (χ0v) is 13.8. The predicted octanol–water partition coefficient (Wildman–Crippen LogP) is 2.49. The van der Waals surface area contributed by atoms with Crippen molar-refractivity contribution in [2.75, 3.05) is 26.2 Å². The molecule has 0 spiro atoms. The number of hydrogen-bond donors (Lipinski definition) is 1. The summed E-state index contributed by atoms with van der Waals surface area (Å²) in [6.45, 7) is 5.42. The largest absolute Gasteiger partial charge is 0.370 e. The zero-order chi connectivity index (χ0) is 16.1. The van der Waals surface area contributed by atoms with E-state index < -0.39 is 0 Å². The van der Waals surface area contributed by atoms with E-state index in [2.05, 4.69) is 23.4 Å². The molecule has 2 amide bonds. The van der Waals surface area contributed by atoms with E-state index >= 15 is 0 Å². The molecular weight excluding hydrogens is 292 g/mol. The molecule has 1 aliphatic carbocycles. The number of nitrogens with zero attached hydrogens (tertiary/aromatic N) is 3. The third-order valence-electron chi connectivity index (χ3n) is 4.56. The number of allylic oxidation sites excluding steroid dienone is 1. The summed E-state index contributed by atoms with van der Waals surface area (Å²) in [5.74, 6) is 0. The van der Waals surface area contributed by atoms with E-state index in [4.69, 9.17) is 4.74 Å². The van der Waals surface area contributed by atoms with Crippen molar-refractivity contribution >= 4 is 6.03 Å². The number of aryl methyl sites for hydroxylation is 1. The third kappa shape index (κ3) is 4.13. The van der Waals surface area contributed by atoms with Gasteiger partial charge < -0.3 is 15.0 Å². The molecule has 1 atom stereocenters. The Morgan fingerprint density at radius 1 is 1.52 bits per heavy atom. The van der Waals surface area contributed by atoms with Crippen LogP contribution in [0.4, 0.5) is 4.79 Å². The van der Waals surface area contributed by atoms with E-state index in [1.807, 2.05) is 22.0 Å². The number of morpholine rings is 1. The molecule has 0 radical (unpaired) electrons. The van der Waals surface area contributed by atoms with Crippen LogP contribution in [0.25, 0.3) is 0 Å². The van der Waals surface area contributed by atoms with Crippen molar-refractivity contribution in [2.45, 2.75) is 45.3 Å². The summed E-state index contributed by atoms with van der Waals surface area (Å²) in [6.07, 6.45) is 10.7. The van der Waals surface area contributed by atoms with E-state index in [0.717, 1.165) is 25.1 Å². The standard InChI is InChI=1S/C17H26N4O2/c1-2-21-12-15(11-19-21)16-13-20(9-10-23-16)17(22)18-8-7-14-5-3-4-6-14/h5,11-12,16H,2-4,6-10,13H2,1H3,(H,18,22)/t16-/m0/s1. The lowest BCUT2D eigenvalue weighted by Gasteiger charge is -2.32. The molecule has 1 aromatic rings. The first-order valence-electron chi connectivity index (χ1n) is 8.61. The molecule has 126 valence electrons.